The first-order valence-corrected chi connectivity index (χ1v) is 8.01. The lowest BCUT2D eigenvalue weighted by atomic mass is 9.95. The van der Waals surface area contributed by atoms with E-state index in [4.69, 9.17) is 9.47 Å². The van der Waals surface area contributed by atoms with E-state index in [1.54, 1.807) is 25.2 Å². The molecule has 6 heteroatoms. The molecule has 1 N–H and O–H groups in total. The van der Waals surface area contributed by atoms with Crippen LogP contribution in [-0.2, 0) is 9.59 Å². The van der Waals surface area contributed by atoms with E-state index in [2.05, 4.69) is 0 Å². The maximum Gasteiger partial charge on any atom is 0.295 e. The normalized spacial score (nSPS) is 18.9. The molecule has 0 aromatic heterocycles. The zero-order valence-electron chi connectivity index (χ0n) is 14.7. The van der Waals surface area contributed by atoms with Gasteiger partial charge in [-0.1, -0.05) is 30.3 Å². The number of Topliss-reactive ketones (excluding diaryl/α,β-unsaturated/α-hetero) is 1. The average molecular weight is 353 g/mol. The van der Waals surface area contributed by atoms with Gasteiger partial charge in [-0.25, -0.2) is 0 Å². The van der Waals surface area contributed by atoms with Gasteiger partial charge >= 0.3 is 0 Å². The number of aliphatic hydroxyl groups excluding tert-OH is 1. The molecule has 0 radical (unpaired) electrons. The molecule has 0 bridgehead atoms. The third-order valence-corrected chi connectivity index (χ3v) is 4.45. The summed E-state index contributed by atoms with van der Waals surface area (Å²) in [5, 5.41) is 10.8. The van der Waals surface area contributed by atoms with Crippen molar-refractivity contribution < 1.29 is 24.2 Å². The molecule has 2 aromatic carbocycles. The van der Waals surface area contributed by atoms with Crippen LogP contribution in [0.3, 0.4) is 0 Å². The van der Waals surface area contributed by atoms with Crippen LogP contribution in [0.2, 0.25) is 0 Å². The van der Waals surface area contributed by atoms with Crippen molar-refractivity contribution in [3.63, 3.8) is 0 Å². The number of ketones is 1. The van der Waals surface area contributed by atoms with Crippen molar-refractivity contribution >= 4 is 17.4 Å². The largest absolute Gasteiger partial charge is 0.507 e. The van der Waals surface area contributed by atoms with Gasteiger partial charge in [0, 0.05) is 12.6 Å². The minimum atomic E-state index is -0.714. The van der Waals surface area contributed by atoms with E-state index in [0.29, 0.717) is 17.1 Å². The fourth-order valence-electron chi connectivity index (χ4n) is 3.11. The Morgan fingerprint density at radius 3 is 2.27 bits per heavy atom. The summed E-state index contributed by atoms with van der Waals surface area (Å²) >= 11 is 0. The van der Waals surface area contributed by atoms with Gasteiger partial charge in [-0.15, -0.1) is 0 Å². The number of methoxy groups -OCH3 is 2. The second-order valence-electron chi connectivity index (χ2n) is 5.89. The van der Waals surface area contributed by atoms with Crippen LogP contribution in [0.4, 0.5) is 0 Å². The van der Waals surface area contributed by atoms with Crippen molar-refractivity contribution in [2.24, 2.45) is 0 Å². The number of aliphatic hydroxyl groups is 1. The number of ether oxygens (including phenoxy) is 2. The Balaban J connectivity index is 2.17. The fourth-order valence-corrected chi connectivity index (χ4v) is 3.11. The third kappa shape index (κ3) is 2.79. The van der Waals surface area contributed by atoms with Gasteiger partial charge in [0.15, 0.2) is 11.5 Å². The maximum atomic E-state index is 12.5. The Bertz CT molecular complexity index is 888. The molecular formula is C20H19NO5. The van der Waals surface area contributed by atoms with Crippen molar-refractivity contribution in [3.05, 3.63) is 65.2 Å². The summed E-state index contributed by atoms with van der Waals surface area (Å²) in [5.74, 6) is -0.699. The summed E-state index contributed by atoms with van der Waals surface area (Å²) in [4.78, 5) is 26.1. The molecule has 0 aliphatic carbocycles. The zero-order chi connectivity index (χ0) is 18.8. The average Bonchev–Trinajstić information content (AvgIpc) is 2.91. The molecule has 1 saturated heterocycles. The summed E-state index contributed by atoms with van der Waals surface area (Å²) in [7, 11) is 4.54. The highest BCUT2D eigenvalue weighted by Gasteiger charge is 2.44. The van der Waals surface area contributed by atoms with Crippen LogP contribution in [0.5, 0.6) is 11.5 Å². The molecule has 1 aliphatic heterocycles. The van der Waals surface area contributed by atoms with Crippen LogP contribution in [0.15, 0.2) is 54.1 Å². The number of nitrogens with zero attached hydrogens (tertiary/aromatic N) is 1. The van der Waals surface area contributed by atoms with Gasteiger partial charge in [-0.3, -0.25) is 9.59 Å². The van der Waals surface area contributed by atoms with Crippen molar-refractivity contribution in [1.29, 1.82) is 0 Å². The summed E-state index contributed by atoms with van der Waals surface area (Å²) < 4.78 is 10.4. The Morgan fingerprint density at radius 2 is 1.65 bits per heavy atom. The molecule has 0 spiro atoms. The number of hydrogen-bond acceptors (Lipinski definition) is 5. The molecule has 0 unspecified atom stereocenters. The second kappa shape index (κ2) is 6.92. The van der Waals surface area contributed by atoms with Crippen LogP contribution in [0.25, 0.3) is 5.76 Å². The van der Waals surface area contributed by atoms with Crippen molar-refractivity contribution in [2.45, 2.75) is 6.04 Å². The number of carbonyl (C=O) groups excluding carboxylic acids is 2. The summed E-state index contributed by atoms with van der Waals surface area (Å²) in [6.45, 7) is 0. The smallest absolute Gasteiger partial charge is 0.295 e. The van der Waals surface area contributed by atoms with Crippen LogP contribution < -0.4 is 9.47 Å². The highest BCUT2D eigenvalue weighted by atomic mass is 16.5. The highest BCUT2D eigenvalue weighted by Crippen LogP contribution is 2.39. The summed E-state index contributed by atoms with van der Waals surface area (Å²) in [6.07, 6.45) is 0. The van der Waals surface area contributed by atoms with Crippen LogP contribution in [-0.4, -0.2) is 43.0 Å². The van der Waals surface area contributed by atoms with E-state index in [1.165, 1.54) is 19.1 Å². The molecule has 26 heavy (non-hydrogen) atoms. The predicted molar refractivity (Wildman–Crippen MR) is 96.1 cm³/mol. The van der Waals surface area contributed by atoms with Gasteiger partial charge in [0.05, 0.1) is 25.8 Å². The predicted octanol–water partition coefficient (Wildman–Crippen LogP) is 2.76. The fraction of sp³-hybridized carbons (Fsp3) is 0.200. The number of likely N-dealkylation sites (tertiary alicyclic amines) is 1. The van der Waals surface area contributed by atoms with Gasteiger partial charge in [-0.05, 0) is 23.8 Å². The molecular weight excluding hydrogens is 334 g/mol. The Kier molecular flexibility index (Phi) is 4.67. The zero-order valence-corrected chi connectivity index (χ0v) is 14.7. The lowest BCUT2D eigenvalue weighted by molar-refractivity contribution is -0.139. The quantitative estimate of drug-likeness (QED) is 0.520. The number of benzene rings is 2. The minimum absolute atomic E-state index is 0.0518. The van der Waals surface area contributed by atoms with Crippen LogP contribution in [0, 0.1) is 0 Å². The molecule has 134 valence electrons. The van der Waals surface area contributed by atoms with Crippen molar-refractivity contribution in [2.75, 3.05) is 21.3 Å². The number of likely N-dealkylation sites (N-methyl/N-ethyl adjacent to an activating group) is 1. The van der Waals surface area contributed by atoms with E-state index < -0.39 is 17.7 Å². The van der Waals surface area contributed by atoms with Gasteiger partial charge in [0.25, 0.3) is 11.7 Å². The molecule has 1 atom stereocenters. The summed E-state index contributed by atoms with van der Waals surface area (Å²) in [5.41, 5.74) is 1.17. The van der Waals surface area contributed by atoms with E-state index in [-0.39, 0.29) is 11.3 Å². The van der Waals surface area contributed by atoms with Crippen LogP contribution in [0.1, 0.15) is 17.2 Å². The maximum absolute atomic E-state index is 12.5. The first-order valence-electron chi connectivity index (χ1n) is 8.01. The number of amides is 1. The Hall–Kier alpha value is -3.28. The minimum Gasteiger partial charge on any atom is -0.507 e. The van der Waals surface area contributed by atoms with Gasteiger partial charge in [-0.2, -0.15) is 0 Å². The van der Waals surface area contributed by atoms with Crippen molar-refractivity contribution in [3.8, 4) is 11.5 Å². The Morgan fingerprint density at radius 1 is 1.00 bits per heavy atom. The molecule has 6 nitrogen and oxygen atoms in total. The lowest BCUT2D eigenvalue weighted by Crippen LogP contribution is -2.24. The highest BCUT2D eigenvalue weighted by molar-refractivity contribution is 6.46. The second-order valence-corrected chi connectivity index (χ2v) is 5.89. The third-order valence-electron chi connectivity index (χ3n) is 4.45. The number of rotatable bonds is 4. The topological polar surface area (TPSA) is 76.1 Å². The Labute approximate surface area is 151 Å². The van der Waals surface area contributed by atoms with Gasteiger partial charge in [0.2, 0.25) is 0 Å². The van der Waals surface area contributed by atoms with E-state index in [1.807, 2.05) is 30.3 Å². The van der Waals surface area contributed by atoms with E-state index in [0.717, 1.165) is 5.56 Å². The molecule has 1 fully saturated rings. The lowest BCUT2D eigenvalue weighted by Gasteiger charge is -2.21. The van der Waals surface area contributed by atoms with Gasteiger partial charge in [0.1, 0.15) is 5.76 Å². The van der Waals surface area contributed by atoms with E-state index in [9.17, 15) is 14.7 Å². The van der Waals surface area contributed by atoms with Crippen LogP contribution >= 0.6 is 0 Å². The molecule has 1 heterocycles. The molecule has 1 amide bonds. The molecule has 1 aliphatic rings. The monoisotopic (exact) mass is 353 g/mol. The first-order chi connectivity index (χ1) is 12.5. The SMILES string of the molecule is COc1ccc(C(O)=C2C(=O)C(=O)N(C)[C@@H]2c2ccccc2)cc1OC. The molecule has 3 rings (SSSR count). The number of hydrogen-bond donors (Lipinski definition) is 1. The first kappa shape index (κ1) is 17.5. The van der Waals surface area contributed by atoms with Gasteiger partial charge < -0.3 is 19.5 Å². The summed E-state index contributed by atoms with van der Waals surface area (Å²) in [6, 6.07) is 13.3. The van der Waals surface area contributed by atoms with Crippen molar-refractivity contribution in [1.82, 2.24) is 4.90 Å². The standard InChI is InChI=1S/C20H19NO5/c1-21-17(12-7-5-4-6-8-12)16(19(23)20(21)24)18(22)13-9-10-14(25-2)15(11-13)26-3/h4-11,17,22H,1-3H3/t17-/m1/s1. The molecule has 2 aromatic rings. The number of carbonyl (C=O) groups is 2. The van der Waals surface area contributed by atoms with E-state index >= 15 is 0 Å². The molecule has 0 saturated carbocycles.